The average Bonchev–Trinajstić information content (AvgIpc) is 3.46. The number of hydrogen-bond donors (Lipinski definition) is 1. The molecule has 1 unspecified atom stereocenters. The molecule has 1 aromatic heterocycles. The fourth-order valence-corrected chi connectivity index (χ4v) is 4.91. The Labute approximate surface area is 195 Å². The Morgan fingerprint density at radius 1 is 1.28 bits per heavy atom. The minimum Gasteiger partial charge on any atom is -0.467 e. The van der Waals surface area contributed by atoms with Crippen molar-refractivity contribution in [2.75, 3.05) is 7.11 Å². The molecule has 9 heteroatoms. The Hall–Kier alpha value is -2.97. The number of amides is 1. The topological polar surface area (TPSA) is 84.1 Å². The minimum absolute atomic E-state index is 0.115. The quantitative estimate of drug-likeness (QED) is 0.585. The van der Waals surface area contributed by atoms with Crippen LogP contribution in [-0.4, -0.2) is 29.1 Å². The molecule has 0 radical (unpaired) electrons. The van der Waals surface area contributed by atoms with Gasteiger partial charge in [-0.2, -0.15) is 0 Å². The third kappa shape index (κ3) is 4.33. The van der Waals surface area contributed by atoms with Crippen molar-refractivity contribution >= 4 is 40.4 Å². The number of rotatable bonds is 7. The van der Waals surface area contributed by atoms with Crippen molar-refractivity contribution in [3.8, 4) is 0 Å². The number of nitrogens with one attached hydrogen (secondary N) is 1. The van der Waals surface area contributed by atoms with E-state index in [2.05, 4.69) is 5.32 Å². The first kappa shape index (κ1) is 22.2. The van der Waals surface area contributed by atoms with E-state index in [1.807, 2.05) is 35.4 Å². The van der Waals surface area contributed by atoms with Gasteiger partial charge >= 0.3 is 5.97 Å². The summed E-state index contributed by atoms with van der Waals surface area (Å²) in [5.41, 5.74) is 2.55. The Bertz CT molecular complexity index is 1120. The number of esters is 1. The number of allylic oxidation sites excluding steroid dienone is 1. The third-order valence-corrected chi connectivity index (χ3v) is 6.44. The normalized spacial score (nSPS) is 17.6. The van der Waals surface area contributed by atoms with E-state index in [4.69, 9.17) is 25.7 Å². The van der Waals surface area contributed by atoms with Gasteiger partial charge in [-0.1, -0.05) is 48.5 Å². The molecule has 1 N–H and O–H groups in total. The van der Waals surface area contributed by atoms with Crippen LogP contribution in [0.1, 0.15) is 37.1 Å². The number of furan rings is 1. The van der Waals surface area contributed by atoms with E-state index >= 15 is 0 Å². The molecule has 0 aliphatic carbocycles. The van der Waals surface area contributed by atoms with Crippen molar-refractivity contribution < 1.29 is 18.7 Å². The zero-order chi connectivity index (χ0) is 22.7. The highest BCUT2D eigenvalue weighted by atomic mass is 35.5. The van der Waals surface area contributed by atoms with E-state index in [1.165, 1.54) is 18.9 Å². The molecule has 2 aliphatic rings. The van der Waals surface area contributed by atoms with Crippen LogP contribution in [0, 0.1) is 0 Å². The maximum atomic E-state index is 12.8. The van der Waals surface area contributed by atoms with Gasteiger partial charge in [0.15, 0.2) is 5.17 Å². The van der Waals surface area contributed by atoms with E-state index in [-0.39, 0.29) is 12.3 Å². The largest absolute Gasteiger partial charge is 0.467 e. The first-order chi connectivity index (χ1) is 15.5. The van der Waals surface area contributed by atoms with Crippen molar-refractivity contribution in [3.63, 3.8) is 0 Å². The Morgan fingerprint density at radius 2 is 2.09 bits per heavy atom. The first-order valence-electron chi connectivity index (χ1n) is 10.1. The van der Waals surface area contributed by atoms with E-state index in [1.54, 1.807) is 24.5 Å². The van der Waals surface area contributed by atoms with Crippen LogP contribution in [0.3, 0.4) is 0 Å². The third-order valence-electron chi connectivity index (χ3n) is 5.21. The lowest BCUT2D eigenvalue weighted by Crippen LogP contribution is -2.38. The van der Waals surface area contributed by atoms with Crippen molar-refractivity contribution in [1.82, 2.24) is 10.2 Å². The smallest absolute Gasteiger partial charge is 0.338 e. The second kappa shape index (κ2) is 9.67. The SMILES string of the molecule is CCC1=C(C(=O)OC)C(c2ccccc2Cl)N2C(CC(=O)NCc3ccco3)=CSC2=N1. The number of aliphatic imine (C=N–C) groups is 1. The van der Waals surface area contributed by atoms with Crippen molar-refractivity contribution in [2.45, 2.75) is 32.4 Å². The molecule has 2 aliphatic heterocycles. The summed E-state index contributed by atoms with van der Waals surface area (Å²) in [5, 5.41) is 5.98. The summed E-state index contributed by atoms with van der Waals surface area (Å²) >= 11 is 7.98. The highest BCUT2D eigenvalue weighted by Crippen LogP contribution is 2.46. The van der Waals surface area contributed by atoms with Gasteiger partial charge in [0.1, 0.15) is 5.76 Å². The molecule has 0 bridgehead atoms. The molecule has 1 amide bonds. The van der Waals surface area contributed by atoms with Gasteiger partial charge in [0.05, 0.1) is 43.7 Å². The summed E-state index contributed by atoms with van der Waals surface area (Å²) in [6.07, 6.45) is 2.24. The summed E-state index contributed by atoms with van der Waals surface area (Å²) in [6, 6.07) is 10.4. The first-order valence-corrected chi connectivity index (χ1v) is 11.4. The van der Waals surface area contributed by atoms with Crippen molar-refractivity contribution in [2.24, 2.45) is 4.99 Å². The Balaban J connectivity index is 1.67. The lowest BCUT2D eigenvalue weighted by Gasteiger charge is -2.36. The molecular weight excluding hydrogens is 450 g/mol. The molecule has 32 heavy (non-hydrogen) atoms. The minimum atomic E-state index is -0.544. The number of hydrogen-bond acceptors (Lipinski definition) is 7. The summed E-state index contributed by atoms with van der Waals surface area (Å²) < 4.78 is 10.4. The van der Waals surface area contributed by atoms with Crippen LogP contribution in [0.25, 0.3) is 0 Å². The monoisotopic (exact) mass is 471 g/mol. The molecule has 4 rings (SSSR count). The zero-order valence-electron chi connectivity index (χ0n) is 17.6. The number of amidine groups is 1. The molecule has 0 fully saturated rings. The summed E-state index contributed by atoms with van der Waals surface area (Å²) in [7, 11) is 1.35. The number of ether oxygens (including phenoxy) is 1. The van der Waals surface area contributed by atoms with Crippen LogP contribution in [0.15, 0.2) is 74.4 Å². The van der Waals surface area contributed by atoms with E-state index < -0.39 is 12.0 Å². The predicted octanol–water partition coefficient (Wildman–Crippen LogP) is 4.78. The molecular formula is C23H22ClN3O4S. The van der Waals surface area contributed by atoms with Crippen LogP contribution in [-0.2, 0) is 20.9 Å². The summed E-state index contributed by atoms with van der Waals surface area (Å²) in [5.74, 6) is 0.0381. The molecule has 1 atom stereocenters. The lowest BCUT2D eigenvalue weighted by atomic mass is 9.93. The highest BCUT2D eigenvalue weighted by Gasteiger charge is 2.42. The molecule has 166 valence electrons. The number of methoxy groups -OCH3 is 1. The second-order valence-electron chi connectivity index (χ2n) is 7.15. The molecule has 0 spiro atoms. The number of fused-ring (bicyclic) bond motifs is 1. The zero-order valence-corrected chi connectivity index (χ0v) is 19.2. The molecule has 1 aromatic carbocycles. The molecule has 7 nitrogen and oxygen atoms in total. The van der Waals surface area contributed by atoms with Crippen molar-refractivity contribution in [1.29, 1.82) is 0 Å². The Kier molecular flexibility index (Phi) is 6.72. The number of carbonyl (C=O) groups excluding carboxylic acids is 2. The number of nitrogens with zero attached hydrogens (tertiary/aromatic N) is 2. The van der Waals surface area contributed by atoms with Gasteiger partial charge in [0.25, 0.3) is 0 Å². The maximum Gasteiger partial charge on any atom is 0.338 e. The highest BCUT2D eigenvalue weighted by molar-refractivity contribution is 8.16. The van der Waals surface area contributed by atoms with Crippen molar-refractivity contribution in [3.05, 3.63) is 81.4 Å². The van der Waals surface area contributed by atoms with Gasteiger partial charge < -0.3 is 19.4 Å². The van der Waals surface area contributed by atoms with Gasteiger partial charge in [-0.05, 0) is 35.6 Å². The van der Waals surface area contributed by atoms with E-state index in [9.17, 15) is 9.59 Å². The van der Waals surface area contributed by atoms with Gasteiger partial charge in [0, 0.05) is 10.7 Å². The molecule has 0 saturated heterocycles. The second-order valence-corrected chi connectivity index (χ2v) is 8.40. The lowest BCUT2D eigenvalue weighted by molar-refractivity contribution is -0.136. The maximum absolute atomic E-state index is 12.8. The van der Waals surface area contributed by atoms with E-state index in [0.717, 1.165) is 11.3 Å². The number of benzene rings is 1. The summed E-state index contributed by atoms with van der Waals surface area (Å²) in [6.45, 7) is 2.24. The van der Waals surface area contributed by atoms with Crippen LogP contribution >= 0.6 is 23.4 Å². The van der Waals surface area contributed by atoms with Crippen LogP contribution < -0.4 is 5.32 Å². The van der Waals surface area contributed by atoms with E-state index in [0.29, 0.717) is 40.2 Å². The van der Waals surface area contributed by atoms with Crippen LogP contribution in [0.5, 0.6) is 0 Å². The molecule has 0 saturated carbocycles. The van der Waals surface area contributed by atoms with Crippen LogP contribution in [0.4, 0.5) is 0 Å². The van der Waals surface area contributed by atoms with Gasteiger partial charge in [-0.25, -0.2) is 9.79 Å². The van der Waals surface area contributed by atoms with Gasteiger partial charge in [-0.15, -0.1) is 0 Å². The molecule has 2 aromatic rings. The molecule has 3 heterocycles. The fourth-order valence-electron chi connectivity index (χ4n) is 3.73. The van der Waals surface area contributed by atoms with Gasteiger partial charge in [-0.3, -0.25) is 4.79 Å². The number of thioether (sulfide) groups is 1. The predicted molar refractivity (Wildman–Crippen MR) is 124 cm³/mol. The van der Waals surface area contributed by atoms with Crippen LogP contribution in [0.2, 0.25) is 5.02 Å². The standard InChI is InChI=1S/C23H22ClN3O4S/c1-3-18-20(22(29)30-2)21(16-8-4-5-9-17(16)24)27-14(13-32-23(27)26-18)11-19(28)25-12-15-7-6-10-31-15/h4-10,13,21H,3,11-12H2,1-2H3,(H,25,28). The number of carbonyl (C=O) groups is 2. The summed E-state index contributed by atoms with van der Waals surface area (Å²) in [4.78, 5) is 32.1. The fraction of sp³-hybridized carbons (Fsp3) is 0.261. The van der Waals surface area contributed by atoms with Gasteiger partial charge in [0.2, 0.25) is 5.91 Å². The Morgan fingerprint density at radius 3 is 2.78 bits per heavy atom. The number of halogens is 1. The average molecular weight is 472 g/mol.